The van der Waals surface area contributed by atoms with Crippen LogP contribution in [0, 0.1) is 0 Å². The van der Waals surface area contributed by atoms with E-state index in [2.05, 4.69) is 33.9 Å². The van der Waals surface area contributed by atoms with E-state index >= 15 is 0 Å². The number of nitrogens with zero attached hydrogens (tertiary/aromatic N) is 2. The molecule has 1 unspecified atom stereocenters. The molecule has 1 atom stereocenters. The van der Waals surface area contributed by atoms with E-state index in [0.717, 1.165) is 6.04 Å². The molecule has 1 rings (SSSR count). The van der Waals surface area contributed by atoms with E-state index in [9.17, 15) is 4.79 Å². The van der Waals surface area contributed by atoms with Crippen molar-refractivity contribution in [2.24, 2.45) is 0 Å². The number of hydrogen-bond donors (Lipinski definition) is 0. The first-order valence-electron chi connectivity index (χ1n) is 6.41. The van der Waals surface area contributed by atoms with Crippen molar-refractivity contribution in [1.29, 1.82) is 0 Å². The van der Waals surface area contributed by atoms with E-state index in [4.69, 9.17) is 9.47 Å². The molecule has 0 N–H and O–H groups in total. The average molecular weight is 300 g/mol. The molecule has 0 fully saturated rings. The summed E-state index contributed by atoms with van der Waals surface area (Å²) in [6.45, 7) is 10.1. The summed E-state index contributed by atoms with van der Waals surface area (Å²) < 4.78 is 12.3. The molecular formula is C11H22BN2O3PSi. The van der Waals surface area contributed by atoms with Gasteiger partial charge in [-0.1, -0.05) is 0 Å². The van der Waals surface area contributed by atoms with E-state index in [0.29, 0.717) is 31.1 Å². The predicted molar refractivity (Wildman–Crippen MR) is 83.0 cm³/mol. The Bertz CT molecular complexity index is 434. The number of rotatable bonds is 7. The first-order valence-corrected chi connectivity index (χ1v) is 10.7. The van der Waals surface area contributed by atoms with Crippen molar-refractivity contribution in [3.8, 4) is 0 Å². The molecule has 0 aliphatic rings. The van der Waals surface area contributed by atoms with Gasteiger partial charge in [0.15, 0.2) is 0 Å². The molecule has 0 aliphatic heterocycles. The summed E-state index contributed by atoms with van der Waals surface area (Å²) in [6.07, 6.45) is 0. The van der Waals surface area contributed by atoms with E-state index in [1.807, 2.05) is 0 Å². The Morgan fingerprint density at radius 3 is 2.74 bits per heavy atom. The molecular weight excluding hydrogens is 278 g/mol. The number of esters is 1. The summed E-state index contributed by atoms with van der Waals surface area (Å²) in [5.41, 5.74) is 0. The van der Waals surface area contributed by atoms with Crippen LogP contribution in [0.4, 0.5) is 0 Å². The van der Waals surface area contributed by atoms with Crippen LogP contribution in [0.25, 0.3) is 0 Å². The van der Waals surface area contributed by atoms with E-state index < -0.39 is 14.0 Å². The van der Waals surface area contributed by atoms with Crippen LogP contribution in [0.3, 0.4) is 0 Å². The Morgan fingerprint density at radius 1 is 1.47 bits per heavy atom. The first-order chi connectivity index (χ1) is 8.83. The number of ether oxygens (including phenoxy) is 2. The zero-order valence-electron chi connectivity index (χ0n) is 12.1. The molecule has 0 saturated heterocycles. The van der Waals surface area contributed by atoms with Gasteiger partial charge in [-0.15, -0.1) is 0 Å². The van der Waals surface area contributed by atoms with Gasteiger partial charge in [0.05, 0.1) is 0 Å². The number of aromatic nitrogens is 2. The molecule has 1 aromatic heterocycles. The first kappa shape index (κ1) is 16.5. The molecule has 0 aromatic carbocycles. The fourth-order valence-corrected chi connectivity index (χ4v) is 2.49. The van der Waals surface area contributed by atoms with Crippen LogP contribution in [0.15, 0.2) is 0 Å². The van der Waals surface area contributed by atoms with Crippen LogP contribution in [0.2, 0.25) is 25.7 Å². The maximum atomic E-state index is 11.7. The fourth-order valence-electron chi connectivity index (χ4n) is 1.43. The van der Waals surface area contributed by atoms with E-state index in [-0.39, 0.29) is 0 Å². The van der Waals surface area contributed by atoms with Crippen molar-refractivity contribution < 1.29 is 14.3 Å². The Hall–Kier alpha value is -0.518. The van der Waals surface area contributed by atoms with Crippen molar-refractivity contribution in [2.75, 3.05) is 13.2 Å². The summed E-state index contributed by atoms with van der Waals surface area (Å²) in [7, 11) is 3.16. The van der Waals surface area contributed by atoms with E-state index in [1.165, 1.54) is 0 Å². The standard InChI is InChI=1S/C11H22BN2O3PSi/c1-5-17-10(15)9-13-11(18)12-14(9)8-16-6-7-19(2,3)4/h5-8,18H2,1-4H3. The van der Waals surface area contributed by atoms with Gasteiger partial charge in [0.1, 0.15) is 0 Å². The van der Waals surface area contributed by atoms with Crippen molar-refractivity contribution in [3.63, 3.8) is 0 Å². The molecule has 0 radical (unpaired) electrons. The topological polar surface area (TPSA) is 53.3 Å². The van der Waals surface area contributed by atoms with Crippen LogP contribution in [-0.4, -0.2) is 43.8 Å². The van der Waals surface area contributed by atoms with Crippen LogP contribution < -0.4 is 5.33 Å². The molecule has 0 saturated carbocycles. The van der Waals surface area contributed by atoms with Crippen LogP contribution in [0.5, 0.6) is 0 Å². The van der Waals surface area contributed by atoms with Crippen LogP contribution >= 0.6 is 9.24 Å². The zero-order chi connectivity index (χ0) is 14.5. The van der Waals surface area contributed by atoms with Crippen LogP contribution in [-0.2, 0) is 16.2 Å². The normalized spacial score (nSPS) is 11.4. The molecule has 1 aromatic rings. The second-order valence-electron chi connectivity index (χ2n) is 5.53. The zero-order valence-corrected chi connectivity index (χ0v) is 14.3. The second kappa shape index (κ2) is 7.31. The van der Waals surface area contributed by atoms with Gasteiger partial charge in [0.2, 0.25) is 0 Å². The Balaban J connectivity index is 2.56. The SMILES string of the molecule is CCOC(=O)c1nc(P)bn1COCC[Si](C)(C)C. The third kappa shape index (κ3) is 5.97. The minimum absolute atomic E-state index is 0.292. The minimum atomic E-state index is -1.08. The van der Waals surface area contributed by atoms with Gasteiger partial charge in [0, 0.05) is 0 Å². The van der Waals surface area contributed by atoms with Crippen LogP contribution in [0.1, 0.15) is 17.5 Å². The number of carbonyl (C=O) groups excluding carboxylic acids is 1. The third-order valence-electron chi connectivity index (χ3n) is 2.48. The van der Waals surface area contributed by atoms with Gasteiger partial charge in [-0.2, -0.15) is 0 Å². The Labute approximate surface area is 118 Å². The Kier molecular flexibility index (Phi) is 6.37. The van der Waals surface area contributed by atoms with Gasteiger partial charge >= 0.3 is 118 Å². The summed E-state index contributed by atoms with van der Waals surface area (Å²) in [4.78, 5) is 15.8. The molecule has 0 aliphatic carbocycles. The summed E-state index contributed by atoms with van der Waals surface area (Å²) in [5.74, 6) is -0.121. The fraction of sp³-hybridized carbons (Fsp3) is 0.727. The molecule has 0 spiro atoms. The molecule has 106 valence electrons. The van der Waals surface area contributed by atoms with Gasteiger partial charge in [-0.05, 0) is 0 Å². The maximum absolute atomic E-state index is 11.7. The molecule has 0 bridgehead atoms. The van der Waals surface area contributed by atoms with Crippen molar-refractivity contribution in [1.82, 2.24) is 9.46 Å². The predicted octanol–water partition coefficient (Wildman–Crippen LogP) is 1.21. The summed E-state index contributed by atoms with van der Waals surface area (Å²) in [6, 6.07) is 1.10. The van der Waals surface area contributed by atoms with Gasteiger partial charge in [-0.3, -0.25) is 0 Å². The molecule has 8 heteroatoms. The van der Waals surface area contributed by atoms with Gasteiger partial charge < -0.3 is 0 Å². The van der Waals surface area contributed by atoms with Crippen molar-refractivity contribution >= 4 is 35.7 Å². The molecule has 19 heavy (non-hydrogen) atoms. The monoisotopic (exact) mass is 300 g/mol. The second-order valence-corrected chi connectivity index (χ2v) is 11.7. The summed E-state index contributed by atoms with van der Waals surface area (Å²) in [5, 5.41) is 0.705. The number of hydrogen-bond acceptors (Lipinski definition) is 4. The van der Waals surface area contributed by atoms with E-state index in [1.54, 1.807) is 18.5 Å². The quantitative estimate of drug-likeness (QED) is 0.329. The number of carbonyl (C=O) groups is 1. The van der Waals surface area contributed by atoms with Gasteiger partial charge in [0.25, 0.3) is 0 Å². The van der Waals surface area contributed by atoms with Crippen molar-refractivity contribution in [2.45, 2.75) is 39.3 Å². The molecule has 1 heterocycles. The molecule has 0 amide bonds. The molecule has 5 nitrogen and oxygen atoms in total. The third-order valence-corrected chi connectivity index (χ3v) is 4.46. The Morgan fingerprint density at radius 2 is 2.16 bits per heavy atom. The van der Waals surface area contributed by atoms with Gasteiger partial charge in [-0.25, -0.2) is 0 Å². The average Bonchev–Trinajstić information content (AvgIpc) is 2.65. The summed E-state index contributed by atoms with van der Waals surface area (Å²) >= 11 is 0. The van der Waals surface area contributed by atoms with Crippen molar-refractivity contribution in [3.05, 3.63) is 5.82 Å².